The van der Waals surface area contributed by atoms with Crippen LogP contribution >= 0.6 is 0 Å². The molecule has 2 N–H and O–H groups in total. The molecule has 1 atom stereocenters. The monoisotopic (exact) mass is 671 g/mol. The molecule has 1 amide bonds. The average molecular weight is 672 g/mol. The van der Waals surface area contributed by atoms with Crippen molar-refractivity contribution in [3.8, 4) is 22.6 Å². The van der Waals surface area contributed by atoms with Gasteiger partial charge in [-0.05, 0) is 76.1 Å². The Labute approximate surface area is 294 Å². The highest BCUT2D eigenvalue weighted by atomic mass is 16.5. The van der Waals surface area contributed by atoms with Crippen LogP contribution < -0.4 is 14.8 Å². The number of unbranched alkanes of at least 4 members (excludes halogenated alkanes) is 1. The summed E-state index contributed by atoms with van der Waals surface area (Å²) in [7, 11) is 3.30. The van der Waals surface area contributed by atoms with Crippen molar-refractivity contribution < 1.29 is 28.8 Å². The Kier molecular flexibility index (Phi) is 11.5. The minimum atomic E-state index is -0.946. The average Bonchev–Trinajstić information content (AvgIpc) is 3.50. The molecule has 0 saturated carbocycles. The van der Waals surface area contributed by atoms with Gasteiger partial charge in [0.1, 0.15) is 23.7 Å². The lowest BCUT2D eigenvalue weighted by Gasteiger charge is -2.37. The van der Waals surface area contributed by atoms with E-state index in [0.29, 0.717) is 13.2 Å². The van der Waals surface area contributed by atoms with E-state index in [1.54, 1.807) is 14.2 Å². The molecule has 5 aromatic rings. The van der Waals surface area contributed by atoms with Crippen LogP contribution in [-0.2, 0) is 15.1 Å². The predicted molar refractivity (Wildman–Crippen MR) is 196 cm³/mol. The number of hydrogen-bond acceptors (Lipinski definition) is 6. The lowest BCUT2D eigenvalue weighted by atomic mass is 9.79. The lowest BCUT2D eigenvalue weighted by molar-refractivity contribution is -0.0205. The van der Waals surface area contributed by atoms with Gasteiger partial charge in [0.15, 0.2) is 0 Å². The molecule has 0 saturated heterocycles. The van der Waals surface area contributed by atoms with E-state index in [2.05, 4.69) is 41.7 Å². The third-order valence-electron chi connectivity index (χ3n) is 9.62. The molecule has 1 aliphatic carbocycles. The van der Waals surface area contributed by atoms with Crippen molar-refractivity contribution in [2.45, 2.75) is 30.8 Å². The van der Waals surface area contributed by atoms with Gasteiger partial charge in [0.25, 0.3) is 0 Å². The quantitative estimate of drug-likeness (QED) is 0.0811. The highest BCUT2D eigenvalue weighted by Gasteiger charge is 2.38. The van der Waals surface area contributed by atoms with E-state index in [1.165, 1.54) is 22.3 Å². The lowest BCUT2D eigenvalue weighted by Crippen LogP contribution is -2.35. The largest absolute Gasteiger partial charge is 0.497 e. The van der Waals surface area contributed by atoms with Crippen LogP contribution in [0.1, 0.15) is 53.0 Å². The van der Waals surface area contributed by atoms with E-state index >= 15 is 0 Å². The summed E-state index contributed by atoms with van der Waals surface area (Å²) in [5.74, 6) is 1.43. The maximum atomic E-state index is 12.7. The van der Waals surface area contributed by atoms with Gasteiger partial charge in [-0.1, -0.05) is 110 Å². The first-order valence-corrected chi connectivity index (χ1v) is 17.3. The van der Waals surface area contributed by atoms with Crippen molar-refractivity contribution in [3.05, 3.63) is 155 Å². The van der Waals surface area contributed by atoms with E-state index < -0.39 is 11.7 Å². The van der Waals surface area contributed by atoms with Crippen LogP contribution in [0.5, 0.6) is 11.5 Å². The smallest absolute Gasteiger partial charge is 0.407 e. The van der Waals surface area contributed by atoms with Crippen LogP contribution in [0.4, 0.5) is 4.79 Å². The third kappa shape index (κ3) is 7.54. The molecule has 258 valence electrons. The summed E-state index contributed by atoms with van der Waals surface area (Å²) in [6.45, 7) is 1.08. The van der Waals surface area contributed by atoms with E-state index in [0.717, 1.165) is 47.5 Å². The van der Waals surface area contributed by atoms with Gasteiger partial charge in [-0.2, -0.15) is 0 Å². The number of benzene rings is 5. The Morgan fingerprint density at radius 3 is 1.76 bits per heavy atom. The van der Waals surface area contributed by atoms with Crippen LogP contribution in [0.25, 0.3) is 11.1 Å². The fraction of sp³-hybridized carbons (Fsp3) is 0.279. The van der Waals surface area contributed by atoms with Crippen LogP contribution in [0, 0.1) is 5.92 Å². The zero-order chi connectivity index (χ0) is 34.8. The van der Waals surface area contributed by atoms with Crippen LogP contribution in [-0.4, -0.2) is 51.8 Å². The number of alkyl carbamates (subject to hydrolysis) is 1. The summed E-state index contributed by atoms with van der Waals surface area (Å²) in [4.78, 5) is 12.7. The molecule has 5 aromatic carbocycles. The van der Waals surface area contributed by atoms with Gasteiger partial charge in [0, 0.05) is 25.0 Å². The Morgan fingerprint density at radius 2 is 1.22 bits per heavy atom. The molecule has 0 fully saturated rings. The molecule has 7 heteroatoms. The second kappa shape index (κ2) is 16.5. The Bertz CT molecular complexity index is 1730. The van der Waals surface area contributed by atoms with Crippen molar-refractivity contribution in [1.29, 1.82) is 0 Å². The van der Waals surface area contributed by atoms with Gasteiger partial charge in [0.2, 0.25) is 0 Å². The second-order valence-electron chi connectivity index (χ2n) is 12.6. The number of carbonyl (C=O) groups excluding carboxylic acids is 1. The van der Waals surface area contributed by atoms with Gasteiger partial charge >= 0.3 is 6.09 Å². The normalized spacial score (nSPS) is 12.9. The van der Waals surface area contributed by atoms with Gasteiger partial charge in [-0.25, -0.2) is 4.79 Å². The standard InChI is InChI=1S/C43H45NO6/c1-47-35-23-19-33(20-24-35)43(32-13-4-3-5-14-32,34-21-25-36(48-2)26-22-34)50-29-31(28-45)12-10-11-27-44-42(46)49-30-41-39-17-8-6-15-37(39)38-16-7-9-18-40(38)41/h3-9,13-26,31,41,45H,10-12,27-30H2,1-2H3,(H,44,46)/t31-/m1/s1. The summed E-state index contributed by atoms with van der Waals surface area (Å²) in [5, 5.41) is 13.3. The SMILES string of the molecule is COc1ccc(C(OC[C@@H](CO)CCCCNC(=O)OCC2c3ccccc3-c3ccccc32)(c2ccccc2)c2ccc(OC)cc2)cc1. The van der Waals surface area contributed by atoms with E-state index in [1.807, 2.05) is 91.0 Å². The van der Waals surface area contributed by atoms with Crippen molar-refractivity contribution in [3.63, 3.8) is 0 Å². The van der Waals surface area contributed by atoms with Gasteiger partial charge in [-0.15, -0.1) is 0 Å². The van der Waals surface area contributed by atoms with Crippen LogP contribution in [0.15, 0.2) is 127 Å². The maximum absolute atomic E-state index is 12.7. The molecule has 0 aliphatic heterocycles. The molecule has 1 aliphatic rings. The van der Waals surface area contributed by atoms with E-state index in [4.69, 9.17) is 18.9 Å². The number of amides is 1. The zero-order valence-electron chi connectivity index (χ0n) is 28.7. The molecule has 0 aromatic heterocycles. The van der Waals surface area contributed by atoms with Crippen molar-refractivity contribution in [2.24, 2.45) is 5.92 Å². The predicted octanol–water partition coefficient (Wildman–Crippen LogP) is 8.33. The topological polar surface area (TPSA) is 86.2 Å². The molecular weight excluding hydrogens is 626 g/mol. The molecular formula is C43H45NO6. The molecule has 0 radical (unpaired) electrons. The first-order chi connectivity index (χ1) is 24.6. The maximum Gasteiger partial charge on any atom is 0.407 e. The summed E-state index contributed by atoms with van der Waals surface area (Å²) >= 11 is 0. The minimum absolute atomic E-state index is 0.0180. The first kappa shape index (κ1) is 34.7. The Hall–Kier alpha value is -5.11. The Morgan fingerprint density at radius 1 is 0.700 bits per heavy atom. The number of aliphatic hydroxyl groups is 1. The van der Waals surface area contributed by atoms with Crippen LogP contribution in [0.3, 0.4) is 0 Å². The molecule has 50 heavy (non-hydrogen) atoms. The summed E-state index contributed by atoms with van der Waals surface area (Å²) in [5.41, 5.74) is 6.69. The fourth-order valence-corrected chi connectivity index (χ4v) is 6.94. The molecule has 7 nitrogen and oxygen atoms in total. The summed E-state index contributed by atoms with van der Waals surface area (Å²) in [6.07, 6.45) is 1.88. The van der Waals surface area contributed by atoms with Gasteiger partial charge < -0.3 is 29.4 Å². The summed E-state index contributed by atoms with van der Waals surface area (Å²) < 4.78 is 23.6. The zero-order valence-corrected chi connectivity index (χ0v) is 28.7. The first-order valence-electron chi connectivity index (χ1n) is 17.3. The molecule has 0 spiro atoms. The van der Waals surface area contributed by atoms with Crippen molar-refractivity contribution in [1.82, 2.24) is 5.32 Å². The number of carbonyl (C=O) groups is 1. The van der Waals surface area contributed by atoms with Gasteiger partial charge in [-0.3, -0.25) is 0 Å². The highest BCUT2D eigenvalue weighted by molar-refractivity contribution is 5.79. The summed E-state index contributed by atoms with van der Waals surface area (Å²) in [6, 6.07) is 42.6. The van der Waals surface area contributed by atoms with E-state index in [9.17, 15) is 9.90 Å². The van der Waals surface area contributed by atoms with Crippen LogP contribution in [0.2, 0.25) is 0 Å². The molecule has 6 rings (SSSR count). The number of ether oxygens (including phenoxy) is 4. The fourth-order valence-electron chi connectivity index (χ4n) is 6.94. The number of methoxy groups -OCH3 is 2. The highest BCUT2D eigenvalue weighted by Crippen LogP contribution is 2.45. The molecule has 0 unspecified atom stereocenters. The number of aliphatic hydroxyl groups excluding tert-OH is 1. The second-order valence-corrected chi connectivity index (χ2v) is 12.6. The van der Waals surface area contributed by atoms with Gasteiger partial charge in [0.05, 0.1) is 20.8 Å². The van der Waals surface area contributed by atoms with Crippen molar-refractivity contribution >= 4 is 6.09 Å². The van der Waals surface area contributed by atoms with E-state index in [-0.39, 0.29) is 25.0 Å². The third-order valence-corrected chi connectivity index (χ3v) is 9.62. The Balaban J connectivity index is 1.06. The minimum Gasteiger partial charge on any atom is -0.497 e. The molecule has 0 bridgehead atoms. The number of fused-ring (bicyclic) bond motifs is 3. The number of rotatable bonds is 16. The number of nitrogens with one attached hydrogen (secondary N) is 1. The number of hydrogen-bond donors (Lipinski definition) is 2. The van der Waals surface area contributed by atoms with Crippen molar-refractivity contribution in [2.75, 3.05) is 40.6 Å². The molecule has 0 heterocycles.